The Kier molecular flexibility index (Phi) is 3.11. The van der Waals surface area contributed by atoms with Crippen LogP contribution >= 0.6 is 0 Å². The maximum absolute atomic E-state index is 5.45. The Bertz CT molecular complexity index is 469. The highest BCUT2D eigenvalue weighted by atomic mass is 16.5. The van der Waals surface area contributed by atoms with E-state index in [0.717, 1.165) is 0 Å². The number of methoxy groups -OCH3 is 1. The number of rotatable bonds is 4. The van der Waals surface area contributed by atoms with Crippen molar-refractivity contribution in [1.82, 2.24) is 20.5 Å². The highest BCUT2D eigenvalue weighted by Crippen LogP contribution is 2.25. The van der Waals surface area contributed by atoms with Gasteiger partial charge in [0.2, 0.25) is 11.8 Å². The monoisotopic (exact) mass is 220 g/mol. The molecule has 0 bridgehead atoms. The van der Waals surface area contributed by atoms with E-state index in [1.807, 2.05) is 13.1 Å². The van der Waals surface area contributed by atoms with Crippen molar-refractivity contribution in [3.8, 4) is 17.3 Å². The first-order valence-corrected chi connectivity index (χ1v) is 4.81. The number of hydrogen-bond donors (Lipinski definition) is 1. The predicted octanol–water partition coefficient (Wildman–Crippen LogP) is 0.860. The molecular formula is C10H12N4O2. The summed E-state index contributed by atoms with van der Waals surface area (Å²) >= 11 is 0. The molecule has 0 aromatic carbocycles. The van der Waals surface area contributed by atoms with Crippen molar-refractivity contribution in [2.75, 3.05) is 14.2 Å². The summed E-state index contributed by atoms with van der Waals surface area (Å²) < 4.78 is 10.6. The molecule has 16 heavy (non-hydrogen) atoms. The van der Waals surface area contributed by atoms with Crippen LogP contribution in [0, 0.1) is 0 Å². The minimum atomic E-state index is 0.412. The Hall–Kier alpha value is -1.95. The summed E-state index contributed by atoms with van der Waals surface area (Å²) in [5.74, 6) is 1.42. The van der Waals surface area contributed by atoms with E-state index in [1.54, 1.807) is 19.4 Å². The van der Waals surface area contributed by atoms with Crippen LogP contribution in [-0.4, -0.2) is 29.3 Å². The van der Waals surface area contributed by atoms with Crippen LogP contribution in [0.1, 0.15) is 5.89 Å². The van der Waals surface area contributed by atoms with Gasteiger partial charge in [-0.3, -0.25) is 0 Å². The van der Waals surface area contributed by atoms with E-state index in [1.165, 1.54) is 0 Å². The Labute approximate surface area is 92.7 Å². The molecule has 2 aromatic heterocycles. The lowest BCUT2D eigenvalue weighted by Crippen LogP contribution is -2.04. The Morgan fingerprint density at radius 2 is 2.31 bits per heavy atom. The highest BCUT2D eigenvalue weighted by Gasteiger charge is 2.13. The maximum atomic E-state index is 5.45. The smallest absolute Gasteiger partial charge is 0.253 e. The summed E-state index contributed by atoms with van der Waals surface area (Å²) in [5.41, 5.74) is 0.694. The second-order valence-electron chi connectivity index (χ2n) is 3.09. The lowest BCUT2D eigenvalue weighted by Gasteiger charge is -2.01. The Morgan fingerprint density at radius 1 is 1.44 bits per heavy atom. The van der Waals surface area contributed by atoms with Gasteiger partial charge in [0.05, 0.1) is 13.7 Å². The van der Waals surface area contributed by atoms with E-state index < -0.39 is 0 Å². The predicted molar refractivity (Wildman–Crippen MR) is 56.8 cm³/mol. The molecule has 2 heterocycles. The Balaban J connectivity index is 2.34. The molecule has 6 nitrogen and oxygen atoms in total. The molecule has 2 aromatic rings. The zero-order valence-electron chi connectivity index (χ0n) is 9.10. The second-order valence-corrected chi connectivity index (χ2v) is 3.09. The molecule has 0 radical (unpaired) electrons. The zero-order valence-corrected chi connectivity index (χ0v) is 9.10. The van der Waals surface area contributed by atoms with Gasteiger partial charge in [-0.1, -0.05) is 0 Å². The van der Waals surface area contributed by atoms with Crippen molar-refractivity contribution in [3.05, 3.63) is 24.2 Å². The van der Waals surface area contributed by atoms with E-state index in [2.05, 4.69) is 20.5 Å². The quantitative estimate of drug-likeness (QED) is 0.823. The molecule has 6 heteroatoms. The van der Waals surface area contributed by atoms with Gasteiger partial charge in [0.1, 0.15) is 5.56 Å². The standard InChI is InChI=1S/C10H12N4O2/c1-11-6-8-13-14-10(16-8)7-4-3-5-12-9(7)15-2/h3-5,11H,6H2,1-2H3. The maximum Gasteiger partial charge on any atom is 0.253 e. The van der Waals surface area contributed by atoms with Crippen LogP contribution < -0.4 is 10.1 Å². The fraction of sp³-hybridized carbons (Fsp3) is 0.300. The number of pyridine rings is 1. The molecule has 2 rings (SSSR count). The van der Waals surface area contributed by atoms with Gasteiger partial charge in [-0.15, -0.1) is 10.2 Å². The number of nitrogens with zero attached hydrogens (tertiary/aromatic N) is 3. The second kappa shape index (κ2) is 4.71. The molecule has 1 N–H and O–H groups in total. The topological polar surface area (TPSA) is 73.1 Å². The van der Waals surface area contributed by atoms with Crippen molar-refractivity contribution in [2.24, 2.45) is 0 Å². The van der Waals surface area contributed by atoms with Crippen LogP contribution in [0.2, 0.25) is 0 Å². The van der Waals surface area contributed by atoms with Crippen molar-refractivity contribution in [3.63, 3.8) is 0 Å². The Morgan fingerprint density at radius 3 is 3.06 bits per heavy atom. The SMILES string of the molecule is CNCc1nnc(-c2cccnc2OC)o1. The van der Waals surface area contributed by atoms with Gasteiger partial charge in [0, 0.05) is 6.20 Å². The van der Waals surface area contributed by atoms with E-state index in [9.17, 15) is 0 Å². The number of aromatic nitrogens is 3. The molecule has 0 fully saturated rings. The fourth-order valence-corrected chi connectivity index (χ4v) is 1.30. The molecule has 0 aliphatic heterocycles. The summed E-state index contributed by atoms with van der Waals surface area (Å²) in [7, 11) is 3.37. The van der Waals surface area contributed by atoms with Crippen molar-refractivity contribution < 1.29 is 9.15 Å². The number of hydrogen-bond acceptors (Lipinski definition) is 6. The molecule has 0 saturated heterocycles. The molecule has 84 valence electrons. The summed E-state index contributed by atoms with van der Waals surface area (Å²) in [6.07, 6.45) is 1.65. The van der Waals surface area contributed by atoms with Gasteiger partial charge in [-0.05, 0) is 19.2 Å². The minimum Gasteiger partial charge on any atom is -0.480 e. The third kappa shape index (κ3) is 2.01. The molecule has 0 aliphatic rings. The molecule has 0 spiro atoms. The molecule has 0 aliphatic carbocycles. The third-order valence-electron chi connectivity index (χ3n) is 1.99. The zero-order chi connectivity index (χ0) is 11.4. The van der Waals surface area contributed by atoms with Crippen molar-refractivity contribution in [1.29, 1.82) is 0 Å². The largest absolute Gasteiger partial charge is 0.480 e. The summed E-state index contributed by atoms with van der Waals surface area (Å²) in [4.78, 5) is 4.06. The van der Waals surface area contributed by atoms with Crippen LogP contribution in [0.3, 0.4) is 0 Å². The van der Waals surface area contributed by atoms with Gasteiger partial charge >= 0.3 is 0 Å². The van der Waals surface area contributed by atoms with Gasteiger partial charge in [0.25, 0.3) is 5.89 Å². The van der Waals surface area contributed by atoms with E-state index >= 15 is 0 Å². The normalized spacial score (nSPS) is 10.4. The van der Waals surface area contributed by atoms with E-state index in [0.29, 0.717) is 29.8 Å². The minimum absolute atomic E-state index is 0.412. The summed E-state index contributed by atoms with van der Waals surface area (Å²) in [6.45, 7) is 0.537. The van der Waals surface area contributed by atoms with Crippen molar-refractivity contribution >= 4 is 0 Å². The first-order valence-electron chi connectivity index (χ1n) is 4.81. The fourth-order valence-electron chi connectivity index (χ4n) is 1.30. The van der Waals surface area contributed by atoms with Gasteiger partial charge in [-0.2, -0.15) is 0 Å². The lowest BCUT2D eigenvalue weighted by molar-refractivity contribution is 0.396. The van der Waals surface area contributed by atoms with E-state index in [4.69, 9.17) is 9.15 Å². The van der Waals surface area contributed by atoms with Crippen LogP contribution in [0.15, 0.2) is 22.7 Å². The molecular weight excluding hydrogens is 208 g/mol. The van der Waals surface area contributed by atoms with Gasteiger partial charge in [0.15, 0.2) is 0 Å². The van der Waals surface area contributed by atoms with Gasteiger partial charge < -0.3 is 14.5 Å². The third-order valence-corrected chi connectivity index (χ3v) is 1.99. The van der Waals surface area contributed by atoms with Crippen LogP contribution in [-0.2, 0) is 6.54 Å². The van der Waals surface area contributed by atoms with Crippen LogP contribution in [0.4, 0.5) is 0 Å². The average Bonchev–Trinajstić information content (AvgIpc) is 2.78. The summed E-state index contributed by atoms with van der Waals surface area (Å²) in [5, 5.41) is 10.8. The molecule has 0 saturated carbocycles. The number of nitrogens with one attached hydrogen (secondary N) is 1. The van der Waals surface area contributed by atoms with Crippen LogP contribution in [0.5, 0.6) is 5.88 Å². The first-order chi connectivity index (χ1) is 7.85. The first kappa shape index (κ1) is 10.6. The van der Waals surface area contributed by atoms with E-state index in [-0.39, 0.29) is 0 Å². The summed E-state index contributed by atoms with van der Waals surface area (Å²) in [6, 6.07) is 3.61. The van der Waals surface area contributed by atoms with Crippen LogP contribution in [0.25, 0.3) is 11.5 Å². The lowest BCUT2D eigenvalue weighted by atomic mass is 10.3. The van der Waals surface area contributed by atoms with Crippen molar-refractivity contribution in [2.45, 2.75) is 6.54 Å². The molecule has 0 amide bonds. The molecule has 0 atom stereocenters. The van der Waals surface area contributed by atoms with Gasteiger partial charge in [-0.25, -0.2) is 4.98 Å². The average molecular weight is 220 g/mol. The molecule has 0 unspecified atom stereocenters. The highest BCUT2D eigenvalue weighted by molar-refractivity contribution is 5.59. The number of ether oxygens (including phenoxy) is 1.